The van der Waals surface area contributed by atoms with E-state index in [1.165, 1.54) is 5.69 Å². The molecule has 0 radical (unpaired) electrons. The fourth-order valence-electron chi connectivity index (χ4n) is 1.50. The molecule has 0 fully saturated rings. The highest BCUT2D eigenvalue weighted by Gasteiger charge is 1.99. The van der Waals surface area contributed by atoms with Crippen LogP contribution in [-0.4, -0.2) is 26.4 Å². The zero-order valence-electron chi connectivity index (χ0n) is 9.70. The van der Waals surface area contributed by atoms with Crippen molar-refractivity contribution in [1.82, 2.24) is 5.43 Å². The molecular formula is C12H19N3. The van der Waals surface area contributed by atoms with Gasteiger partial charge >= 0.3 is 0 Å². The summed E-state index contributed by atoms with van der Waals surface area (Å²) in [5.74, 6) is 0. The SMILES string of the molecule is CCN(CC)c1ccc(/C=N/NC)cc1. The molecular weight excluding hydrogens is 186 g/mol. The molecule has 3 nitrogen and oxygen atoms in total. The normalized spacial score (nSPS) is 10.6. The van der Waals surface area contributed by atoms with Gasteiger partial charge in [-0.05, 0) is 31.5 Å². The van der Waals surface area contributed by atoms with Crippen LogP contribution < -0.4 is 10.3 Å². The molecule has 0 saturated heterocycles. The maximum atomic E-state index is 3.97. The van der Waals surface area contributed by atoms with Crippen LogP contribution in [0.2, 0.25) is 0 Å². The molecule has 82 valence electrons. The number of nitrogens with one attached hydrogen (secondary N) is 1. The second kappa shape index (κ2) is 6.06. The average Bonchev–Trinajstić information content (AvgIpc) is 2.29. The van der Waals surface area contributed by atoms with Crippen molar-refractivity contribution < 1.29 is 0 Å². The molecule has 0 saturated carbocycles. The summed E-state index contributed by atoms with van der Waals surface area (Å²) in [6.45, 7) is 6.42. The molecule has 0 amide bonds. The predicted octanol–water partition coefficient (Wildman–Crippen LogP) is 2.09. The second-order valence-corrected chi connectivity index (χ2v) is 3.25. The van der Waals surface area contributed by atoms with Gasteiger partial charge in [0.25, 0.3) is 0 Å². The number of hydrogen-bond donors (Lipinski definition) is 1. The van der Waals surface area contributed by atoms with E-state index in [-0.39, 0.29) is 0 Å². The van der Waals surface area contributed by atoms with Crippen LogP contribution in [0.1, 0.15) is 19.4 Å². The maximum Gasteiger partial charge on any atom is 0.0540 e. The number of hydrazone groups is 1. The first-order chi connectivity index (χ1) is 7.31. The van der Waals surface area contributed by atoms with E-state index in [2.05, 4.69) is 53.5 Å². The molecule has 0 atom stereocenters. The monoisotopic (exact) mass is 205 g/mol. The van der Waals surface area contributed by atoms with Crippen molar-refractivity contribution in [2.45, 2.75) is 13.8 Å². The molecule has 0 aromatic heterocycles. The Balaban J connectivity index is 2.75. The molecule has 1 aromatic rings. The van der Waals surface area contributed by atoms with E-state index in [0.29, 0.717) is 0 Å². The summed E-state index contributed by atoms with van der Waals surface area (Å²) in [5, 5.41) is 3.97. The van der Waals surface area contributed by atoms with Crippen molar-refractivity contribution in [3.8, 4) is 0 Å². The average molecular weight is 205 g/mol. The molecule has 0 spiro atoms. The molecule has 15 heavy (non-hydrogen) atoms. The van der Waals surface area contributed by atoms with Crippen LogP contribution in [0.15, 0.2) is 29.4 Å². The van der Waals surface area contributed by atoms with Crippen molar-refractivity contribution in [1.29, 1.82) is 0 Å². The quantitative estimate of drug-likeness (QED) is 0.589. The fourth-order valence-corrected chi connectivity index (χ4v) is 1.50. The lowest BCUT2D eigenvalue weighted by atomic mass is 10.2. The Morgan fingerprint density at radius 1 is 1.20 bits per heavy atom. The van der Waals surface area contributed by atoms with E-state index in [1.54, 1.807) is 7.05 Å². The summed E-state index contributed by atoms with van der Waals surface area (Å²) >= 11 is 0. The molecule has 0 bridgehead atoms. The number of rotatable bonds is 5. The van der Waals surface area contributed by atoms with E-state index in [1.807, 2.05) is 6.21 Å². The third-order valence-electron chi connectivity index (χ3n) is 2.36. The highest BCUT2D eigenvalue weighted by molar-refractivity contribution is 5.80. The summed E-state index contributed by atoms with van der Waals surface area (Å²) in [5.41, 5.74) is 5.11. The summed E-state index contributed by atoms with van der Waals surface area (Å²) in [7, 11) is 1.79. The minimum absolute atomic E-state index is 1.04. The van der Waals surface area contributed by atoms with Crippen LogP contribution in [0, 0.1) is 0 Å². The van der Waals surface area contributed by atoms with Gasteiger partial charge in [-0.25, -0.2) is 0 Å². The Kier molecular flexibility index (Phi) is 4.68. The van der Waals surface area contributed by atoms with E-state index in [4.69, 9.17) is 0 Å². The molecule has 0 aliphatic heterocycles. The summed E-state index contributed by atoms with van der Waals surface area (Å²) in [4.78, 5) is 2.32. The van der Waals surface area contributed by atoms with Gasteiger partial charge < -0.3 is 10.3 Å². The van der Waals surface area contributed by atoms with E-state index in [9.17, 15) is 0 Å². The number of anilines is 1. The Bertz CT molecular complexity index is 299. The van der Waals surface area contributed by atoms with Crippen LogP contribution >= 0.6 is 0 Å². The second-order valence-electron chi connectivity index (χ2n) is 3.25. The molecule has 1 rings (SSSR count). The lowest BCUT2D eigenvalue weighted by Crippen LogP contribution is -2.21. The first-order valence-electron chi connectivity index (χ1n) is 5.36. The van der Waals surface area contributed by atoms with Gasteiger partial charge in [-0.1, -0.05) is 12.1 Å². The smallest absolute Gasteiger partial charge is 0.0540 e. The first kappa shape index (κ1) is 11.6. The highest BCUT2D eigenvalue weighted by Crippen LogP contribution is 2.13. The van der Waals surface area contributed by atoms with Crippen LogP contribution in [0.5, 0.6) is 0 Å². The standard InChI is InChI=1S/C12H19N3/c1-4-15(5-2)12-8-6-11(7-9-12)10-14-13-3/h6-10,13H,4-5H2,1-3H3/b14-10+. The fraction of sp³-hybridized carbons (Fsp3) is 0.417. The van der Waals surface area contributed by atoms with Gasteiger partial charge in [0.05, 0.1) is 6.21 Å². The van der Waals surface area contributed by atoms with Gasteiger partial charge in [-0.3, -0.25) is 0 Å². The number of nitrogens with zero attached hydrogens (tertiary/aromatic N) is 2. The van der Waals surface area contributed by atoms with Crippen LogP contribution in [0.25, 0.3) is 0 Å². The summed E-state index contributed by atoms with van der Waals surface area (Å²) in [6, 6.07) is 8.41. The lowest BCUT2D eigenvalue weighted by molar-refractivity contribution is 0.866. The minimum atomic E-state index is 1.04. The predicted molar refractivity (Wildman–Crippen MR) is 66.7 cm³/mol. The number of benzene rings is 1. The van der Waals surface area contributed by atoms with Crippen LogP contribution in [0.3, 0.4) is 0 Å². The first-order valence-corrected chi connectivity index (χ1v) is 5.36. The third kappa shape index (κ3) is 3.27. The van der Waals surface area contributed by atoms with Crippen molar-refractivity contribution in [2.75, 3.05) is 25.0 Å². The van der Waals surface area contributed by atoms with Crippen LogP contribution in [-0.2, 0) is 0 Å². The third-order valence-corrected chi connectivity index (χ3v) is 2.36. The van der Waals surface area contributed by atoms with Gasteiger partial charge in [0.2, 0.25) is 0 Å². The van der Waals surface area contributed by atoms with Crippen molar-refractivity contribution in [3.05, 3.63) is 29.8 Å². The van der Waals surface area contributed by atoms with Crippen LogP contribution in [0.4, 0.5) is 5.69 Å². The molecule has 3 heteroatoms. The molecule has 0 heterocycles. The Morgan fingerprint density at radius 3 is 2.27 bits per heavy atom. The van der Waals surface area contributed by atoms with Gasteiger partial charge in [0, 0.05) is 25.8 Å². The molecule has 1 aromatic carbocycles. The molecule has 0 aliphatic carbocycles. The Morgan fingerprint density at radius 2 is 1.80 bits per heavy atom. The summed E-state index contributed by atoms with van der Waals surface area (Å²) < 4.78 is 0. The van der Waals surface area contributed by atoms with Crippen molar-refractivity contribution in [2.24, 2.45) is 5.10 Å². The van der Waals surface area contributed by atoms with E-state index < -0.39 is 0 Å². The van der Waals surface area contributed by atoms with E-state index in [0.717, 1.165) is 18.7 Å². The zero-order chi connectivity index (χ0) is 11.1. The summed E-state index contributed by atoms with van der Waals surface area (Å²) in [6.07, 6.45) is 1.81. The van der Waals surface area contributed by atoms with E-state index >= 15 is 0 Å². The maximum absolute atomic E-state index is 3.97. The highest BCUT2D eigenvalue weighted by atomic mass is 15.3. The minimum Gasteiger partial charge on any atom is -0.372 e. The van der Waals surface area contributed by atoms with Gasteiger partial charge in [-0.15, -0.1) is 0 Å². The molecule has 0 aliphatic rings. The van der Waals surface area contributed by atoms with Gasteiger partial charge in [-0.2, -0.15) is 5.10 Å². The largest absolute Gasteiger partial charge is 0.372 e. The Labute approximate surface area is 91.8 Å². The Hall–Kier alpha value is -1.51. The van der Waals surface area contributed by atoms with Crippen molar-refractivity contribution >= 4 is 11.9 Å². The molecule has 1 N–H and O–H groups in total. The van der Waals surface area contributed by atoms with Crippen molar-refractivity contribution in [3.63, 3.8) is 0 Å². The van der Waals surface area contributed by atoms with Gasteiger partial charge in [0.15, 0.2) is 0 Å². The zero-order valence-corrected chi connectivity index (χ0v) is 9.70. The number of hydrogen-bond acceptors (Lipinski definition) is 3. The lowest BCUT2D eigenvalue weighted by Gasteiger charge is -2.20. The topological polar surface area (TPSA) is 27.6 Å². The van der Waals surface area contributed by atoms with Gasteiger partial charge in [0.1, 0.15) is 0 Å². The molecule has 0 unspecified atom stereocenters.